The third kappa shape index (κ3) is 7.79. The van der Waals surface area contributed by atoms with E-state index in [0.717, 1.165) is 16.5 Å². The Morgan fingerprint density at radius 3 is 2.21 bits per heavy atom. The number of nitrogens with two attached hydrogens (primary N) is 1. The summed E-state index contributed by atoms with van der Waals surface area (Å²) < 4.78 is 0. The van der Waals surface area contributed by atoms with Crippen molar-refractivity contribution in [1.29, 1.82) is 0 Å². The van der Waals surface area contributed by atoms with E-state index in [-0.39, 0.29) is 18.6 Å². The first-order valence-electron chi connectivity index (χ1n) is 12.4. The lowest BCUT2D eigenvalue weighted by Gasteiger charge is -2.26. The SMILES string of the molecule is CC(NC(=O)C(Cc1ccc(O)cc1)NC(=O)C(NC(=O)C(N)Cc1c[nH]c2ccccc12)C(C)O)C(=O)O. The van der Waals surface area contributed by atoms with Gasteiger partial charge in [-0.2, -0.15) is 0 Å². The first kappa shape index (κ1) is 29.1. The first-order chi connectivity index (χ1) is 18.5. The van der Waals surface area contributed by atoms with Gasteiger partial charge < -0.3 is 42.0 Å². The summed E-state index contributed by atoms with van der Waals surface area (Å²) in [4.78, 5) is 53.2. The molecule has 3 rings (SSSR count). The summed E-state index contributed by atoms with van der Waals surface area (Å²) in [6.45, 7) is 2.57. The molecule has 0 saturated carbocycles. The zero-order valence-electron chi connectivity index (χ0n) is 21.5. The lowest BCUT2D eigenvalue weighted by atomic mass is 10.0. The van der Waals surface area contributed by atoms with Crippen molar-refractivity contribution < 1.29 is 34.5 Å². The number of para-hydroxylation sites is 1. The number of nitrogens with one attached hydrogen (secondary N) is 4. The number of aliphatic hydroxyl groups is 1. The highest BCUT2D eigenvalue weighted by Gasteiger charge is 2.32. The van der Waals surface area contributed by atoms with Gasteiger partial charge in [-0.3, -0.25) is 19.2 Å². The molecule has 0 radical (unpaired) electrons. The van der Waals surface area contributed by atoms with Gasteiger partial charge in [0.2, 0.25) is 17.7 Å². The lowest BCUT2D eigenvalue weighted by molar-refractivity contribution is -0.142. The highest BCUT2D eigenvalue weighted by Crippen LogP contribution is 2.19. The van der Waals surface area contributed by atoms with Gasteiger partial charge in [-0.15, -0.1) is 0 Å². The normalized spacial score (nSPS) is 15.0. The number of H-pyrrole nitrogens is 1. The molecule has 3 amide bonds. The fraction of sp³-hybridized carbons (Fsp3) is 0.333. The van der Waals surface area contributed by atoms with Gasteiger partial charge >= 0.3 is 5.97 Å². The molecular weight excluding hydrogens is 506 g/mol. The fourth-order valence-electron chi connectivity index (χ4n) is 4.01. The molecule has 39 heavy (non-hydrogen) atoms. The van der Waals surface area contributed by atoms with Crippen LogP contribution in [0.15, 0.2) is 54.7 Å². The zero-order valence-corrected chi connectivity index (χ0v) is 21.5. The van der Waals surface area contributed by atoms with Crippen LogP contribution in [0.1, 0.15) is 25.0 Å². The van der Waals surface area contributed by atoms with E-state index in [0.29, 0.717) is 5.56 Å². The van der Waals surface area contributed by atoms with Crippen LogP contribution in [0, 0.1) is 0 Å². The molecule has 5 atom stereocenters. The van der Waals surface area contributed by atoms with Crippen molar-refractivity contribution in [2.45, 2.75) is 57.0 Å². The lowest BCUT2D eigenvalue weighted by Crippen LogP contribution is -2.60. The van der Waals surface area contributed by atoms with Gasteiger partial charge in [-0.1, -0.05) is 30.3 Å². The number of fused-ring (bicyclic) bond motifs is 1. The van der Waals surface area contributed by atoms with Crippen LogP contribution in [-0.2, 0) is 32.0 Å². The Balaban J connectivity index is 1.72. The minimum absolute atomic E-state index is 0.00384. The van der Waals surface area contributed by atoms with Crippen molar-refractivity contribution in [3.05, 3.63) is 65.9 Å². The van der Waals surface area contributed by atoms with Gasteiger partial charge in [0.1, 0.15) is 23.9 Å². The summed E-state index contributed by atoms with van der Waals surface area (Å²) in [6.07, 6.45) is 0.527. The maximum atomic E-state index is 13.1. The maximum absolute atomic E-state index is 13.1. The van der Waals surface area contributed by atoms with E-state index in [1.807, 2.05) is 24.3 Å². The molecule has 3 aromatic rings. The Labute approximate surface area is 224 Å². The number of aromatic nitrogens is 1. The van der Waals surface area contributed by atoms with Crippen molar-refractivity contribution >= 4 is 34.6 Å². The predicted octanol–water partition coefficient (Wildman–Crippen LogP) is -0.0743. The van der Waals surface area contributed by atoms with Crippen molar-refractivity contribution in [2.75, 3.05) is 0 Å². The summed E-state index contributed by atoms with van der Waals surface area (Å²) in [5, 5.41) is 37.1. The molecule has 0 aliphatic rings. The second kappa shape index (κ2) is 12.9. The van der Waals surface area contributed by atoms with Crippen LogP contribution in [-0.4, -0.2) is 74.3 Å². The summed E-state index contributed by atoms with van der Waals surface area (Å²) >= 11 is 0. The second-order valence-corrected chi connectivity index (χ2v) is 9.40. The topological polar surface area (TPSA) is 207 Å². The number of amides is 3. The highest BCUT2D eigenvalue weighted by atomic mass is 16.4. The number of hydrogen-bond donors (Lipinski definition) is 8. The molecule has 0 aliphatic carbocycles. The maximum Gasteiger partial charge on any atom is 0.325 e. The fourth-order valence-corrected chi connectivity index (χ4v) is 4.01. The van der Waals surface area contributed by atoms with Crippen molar-refractivity contribution in [3.63, 3.8) is 0 Å². The number of carboxylic acid groups (broad SMARTS) is 1. The average Bonchev–Trinajstić information content (AvgIpc) is 3.30. The largest absolute Gasteiger partial charge is 0.508 e. The molecule has 12 nitrogen and oxygen atoms in total. The molecule has 0 fully saturated rings. The van der Waals surface area contributed by atoms with Crippen LogP contribution >= 0.6 is 0 Å². The molecule has 5 unspecified atom stereocenters. The number of carboxylic acids is 1. The molecule has 0 saturated heterocycles. The summed E-state index contributed by atoms with van der Waals surface area (Å²) in [5.41, 5.74) is 8.38. The summed E-state index contributed by atoms with van der Waals surface area (Å²) in [6, 6.07) is 8.44. The van der Waals surface area contributed by atoms with E-state index in [4.69, 9.17) is 10.8 Å². The van der Waals surface area contributed by atoms with Crippen molar-refractivity contribution in [3.8, 4) is 5.75 Å². The van der Waals surface area contributed by atoms with Crippen LogP contribution in [0.5, 0.6) is 5.75 Å². The number of aromatic hydroxyl groups is 1. The van der Waals surface area contributed by atoms with Crippen LogP contribution in [0.2, 0.25) is 0 Å². The Bertz CT molecular complexity index is 1320. The Kier molecular flexibility index (Phi) is 9.63. The van der Waals surface area contributed by atoms with Gasteiger partial charge in [0.25, 0.3) is 0 Å². The van der Waals surface area contributed by atoms with Crippen LogP contribution in [0.25, 0.3) is 10.9 Å². The Morgan fingerprint density at radius 1 is 0.897 bits per heavy atom. The van der Waals surface area contributed by atoms with E-state index in [1.165, 1.54) is 26.0 Å². The minimum Gasteiger partial charge on any atom is -0.508 e. The van der Waals surface area contributed by atoms with Crippen molar-refractivity contribution in [2.24, 2.45) is 5.73 Å². The molecule has 0 bridgehead atoms. The van der Waals surface area contributed by atoms with Gasteiger partial charge in [0.05, 0.1) is 12.1 Å². The molecular formula is C27H33N5O7. The predicted molar refractivity (Wildman–Crippen MR) is 143 cm³/mol. The third-order valence-corrected chi connectivity index (χ3v) is 6.25. The van der Waals surface area contributed by atoms with Crippen LogP contribution < -0.4 is 21.7 Å². The number of benzene rings is 2. The number of carbonyl (C=O) groups is 4. The quantitative estimate of drug-likeness (QED) is 0.156. The van der Waals surface area contributed by atoms with Gasteiger partial charge in [-0.05, 0) is 49.6 Å². The van der Waals surface area contributed by atoms with Crippen molar-refractivity contribution in [1.82, 2.24) is 20.9 Å². The standard InChI is InChI=1S/C27H33N5O7/c1-14(27(38)39)30-25(36)22(11-16-7-9-18(34)10-8-16)31-26(37)23(15(2)33)32-24(35)20(28)12-17-13-29-21-6-4-3-5-19(17)21/h3-10,13-15,20,22-23,29,33-34H,11-12,28H2,1-2H3,(H,30,36)(H,31,37)(H,32,35)(H,38,39). The van der Waals surface area contributed by atoms with Gasteiger partial charge in [0.15, 0.2) is 0 Å². The molecule has 1 aromatic heterocycles. The van der Waals surface area contributed by atoms with Gasteiger partial charge in [0, 0.05) is 23.5 Å². The smallest absolute Gasteiger partial charge is 0.325 e. The average molecular weight is 540 g/mol. The number of rotatable bonds is 12. The number of hydrogen-bond acceptors (Lipinski definition) is 7. The summed E-state index contributed by atoms with van der Waals surface area (Å²) in [5.74, 6) is -3.58. The molecule has 0 spiro atoms. The first-order valence-corrected chi connectivity index (χ1v) is 12.4. The van der Waals surface area contributed by atoms with Crippen LogP contribution in [0.4, 0.5) is 0 Å². The molecule has 1 heterocycles. The Hall–Kier alpha value is -4.42. The van der Waals surface area contributed by atoms with E-state index < -0.39 is 54.0 Å². The molecule has 208 valence electrons. The van der Waals surface area contributed by atoms with E-state index in [1.54, 1.807) is 18.3 Å². The Morgan fingerprint density at radius 2 is 1.56 bits per heavy atom. The number of carbonyl (C=O) groups excluding carboxylic acids is 3. The van der Waals surface area contributed by atoms with Crippen LogP contribution in [0.3, 0.4) is 0 Å². The highest BCUT2D eigenvalue weighted by molar-refractivity contribution is 5.94. The van der Waals surface area contributed by atoms with E-state index in [2.05, 4.69) is 20.9 Å². The monoisotopic (exact) mass is 539 g/mol. The number of phenols is 1. The van der Waals surface area contributed by atoms with Gasteiger partial charge in [-0.25, -0.2) is 0 Å². The van der Waals surface area contributed by atoms with E-state index in [9.17, 15) is 29.4 Å². The molecule has 2 aromatic carbocycles. The second-order valence-electron chi connectivity index (χ2n) is 9.40. The van der Waals surface area contributed by atoms with E-state index >= 15 is 0 Å². The third-order valence-electron chi connectivity index (χ3n) is 6.25. The summed E-state index contributed by atoms with van der Waals surface area (Å²) in [7, 11) is 0. The minimum atomic E-state index is -1.45. The number of aromatic amines is 1. The molecule has 9 N–H and O–H groups in total. The molecule has 12 heteroatoms. The number of phenolic OH excluding ortho intramolecular Hbond substituents is 1. The molecule has 0 aliphatic heterocycles. The zero-order chi connectivity index (χ0) is 28.7. The number of aliphatic hydroxyl groups excluding tert-OH is 1. The number of aliphatic carboxylic acids is 1.